The highest BCUT2D eigenvalue weighted by atomic mass is 16.7. The summed E-state index contributed by atoms with van der Waals surface area (Å²) in [5, 5.41) is 0.657. The first-order valence-corrected chi connectivity index (χ1v) is 8.85. The predicted octanol–water partition coefficient (Wildman–Crippen LogP) is 3.49. The average molecular weight is 347 g/mol. The lowest BCUT2D eigenvalue weighted by Gasteiger charge is -2.32. The Morgan fingerprint density at radius 1 is 0.885 bits per heavy atom. The van der Waals surface area contributed by atoms with Crippen molar-refractivity contribution in [3.8, 4) is 11.3 Å². The van der Waals surface area contributed by atoms with Gasteiger partial charge in [-0.3, -0.25) is 4.79 Å². The summed E-state index contributed by atoms with van der Waals surface area (Å²) in [4.78, 5) is 15.9. The SMILES string of the molecule is CC1(C)OB(c2ccc3c(=O)cc(-c4ccccc4)[nH]c3c2)OC1(C)C. The number of fused-ring (bicyclic) bond motifs is 1. The topological polar surface area (TPSA) is 51.3 Å². The van der Waals surface area contributed by atoms with Crippen molar-refractivity contribution in [2.45, 2.75) is 38.9 Å². The summed E-state index contributed by atoms with van der Waals surface area (Å²) < 4.78 is 12.3. The molecule has 0 radical (unpaired) electrons. The molecule has 1 aliphatic heterocycles. The quantitative estimate of drug-likeness (QED) is 0.722. The molecule has 2 heterocycles. The van der Waals surface area contributed by atoms with Crippen LogP contribution in [-0.4, -0.2) is 23.3 Å². The number of H-pyrrole nitrogens is 1. The van der Waals surface area contributed by atoms with Crippen molar-refractivity contribution in [1.29, 1.82) is 0 Å². The molecule has 1 saturated heterocycles. The summed E-state index contributed by atoms with van der Waals surface area (Å²) in [5.74, 6) is 0. The fraction of sp³-hybridized carbons (Fsp3) is 0.286. The van der Waals surface area contributed by atoms with Crippen LogP contribution >= 0.6 is 0 Å². The molecule has 1 N–H and O–H groups in total. The minimum Gasteiger partial charge on any atom is -0.399 e. The molecule has 26 heavy (non-hydrogen) atoms. The number of hydrogen-bond acceptors (Lipinski definition) is 3. The van der Waals surface area contributed by atoms with Crippen LogP contribution < -0.4 is 10.9 Å². The van der Waals surface area contributed by atoms with E-state index in [1.54, 1.807) is 6.07 Å². The molecule has 4 rings (SSSR count). The van der Waals surface area contributed by atoms with Crippen LogP contribution in [0.15, 0.2) is 59.4 Å². The van der Waals surface area contributed by atoms with E-state index in [9.17, 15) is 4.79 Å². The molecule has 0 bridgehead atoms. The van der Waals surface area contributed by atoms with Gasteiger partial charge in [0.2, 0.25) is 0 Å². The van der Waals surface area contributed by atoms with E-state index in [1.807, 2.05) is 76.2 Å². The van der Waals surface area contributed by atoms with Crippen LogP contribution in [0.25, 0.3) is 22.2 Å². The molecule has 0 spiro atoms. The van der Waals surface area contributed by atoms with E-state index in [4.69, 9.17) is 9.31 Å². The molecule has 0 saturated carbocycles. The van der Waals surface area contributed by atoms with E-state index in [1.165, 1.54) is 0 Å². The lowest BCUT2D eigenvalue weighted by Crippen LogP contribution is -2.41. The number of nitrogens with one attached hydrogen (secondary N) is 1. The van der Waals surface area contributed by atoms with Crippen molar-refractivity contribution < 1.29 is 9.31 Å². The van der Waals surface area contributed by atoms with Crippen molar-refractivity contribution in [3.63, 3.8) is 0 Å². The normalized spacial score (nSPS) is 18.4. The minimum absolute atomic E-state index is 0.00179. The minimum atomic E-state index is -0.451. The second kappa shape index (κ2) is 5.83. The van der Waals surface area contributed by atoms with Crippen LogP contribution in [-0.2, 0) is 9.31 Å². The van der Waals surface area contributed by atoms with E-state index in [-0.39, 0.29) is 5.43 Å². The molecule has 1 aliphatic rings. The molecule has 2 aromatic carbocycles. The van der Waals surface area contributed by atoms with E-state index in [0.717, 1.165) is 22.2 Å². The molecule has 0 atom stereocenters. The number of aromatic amines is 1. The van der Waals surface area contributed by atoms with Gasteiger partial charge in [-0.2, -0.15) is 0 Å². The summed E-state index contributed by atoms with van der Waals surface area (Å²) >= 11 is 0. The van der Waals surface area contributed by atoms with Crippen molar-refractivity contribution >= 4 is 23.5 Å². The molecular formula is C21H22BNO3. The zero-order chi connectivity index (χ0) is 18.5. The van der Waals surface area contributed by atoms with Crippen molar-refractivity contribution in [1.82, 2.24) is 4.98 Å². The van der Waals surface area contributed by atoms with E-state index < -0.39 is 18.3 Å². The summed E-state index contributed by atoms with van der Waals surface area (Å²) in [5.41, 5.74) is 2.66. The summed E-state index contributed by atoms with van der Waals surface area (Å²) in [6.45, 7) is 8.12. The maximum atomic E-state index is 12.5. The number of aromatic nitrogens is 1. The fourth-order valence-corrected chi connectivity index (χ4v) is 3.17. The fourth-order valence-electron chi connectivity index (χ4n) is 3.17. The Kier molecular flexibility index (Phi) is 3.83. The smallest absolute Gasteiger partial charge is 0.399 e. The van der Waals surface area contributed by atoms with E-state index in [0.29, 0.717) is 5.39 Å². The Morgan fingerprint density at radius 3 is 2.19 bits per heavy atom. The number of pyridine rings is 1. The van der Waals surface area contributed by atoms with Crippen molar-refractivity contribution in [3.05, 3.63) is 64.8 Å². The second-order valence-corrected chi connectivity index (χ2v) is 7.81. The summed E-state index contributed by atoms with van der Waals surface area (Å²) in [6, 6.07) is 17.2. The number of rotatable bonds is 2. The monoisotopic (exact) mass is 347 g/mol. The van der Waals surface area contributed by atoms with Gasteiger partial charge in [-0.05, 0) is 50.9 Å². The van der Waals surface area contributed by atoms with Gasteiger partial charge in [-0.25, -0.2) is 0 Å². The van der Waals surface area contributed by atoms with Gasteiger partial charge in [-0.15, -0.1) is 0 Å². The third-order valence-corrected chi connectivity index (χ3v) is 5.46. The van der Waals surface area contributed by atoms with Crippen LogP contribution in [0.3, 0.4) is 0 Å². The van der Waals surface area contributed by atoms with Crippen LogP contribution in [0.2, 0.25) is 0 Å². The molecule has 0 unspecified atom stereocenters. The van der Waals surface area contributed by atoms with Gasteiger partial charge in [0.05, 0.1) is 11.2 Å². The Balaban J connectivity index is 1.79. The Hall–Kier alpha value is -2.37. The standard InChI is InChI=1S/C21H22BNO3/c1-20(2)21(3,4)26-22(25-20)15-10-11-16-18(12-15)23-17(13-19(16)24)14-8-6-5-7-9-14/h5-13H,1-4H3,(H,23,24). The Labute approximate surface area is 153 Å². The molecule has 0 amide bonds. The lowest BCUT2D eigenvalue weighted by molar-refractivity contribution is 0.00578. The van der Waals surface area contributed by atoms with Crippen LogP contribution in [0.5, 0.6) is 0 Å². The van der Waals surface area contributed by atoms with Crippen LogP contribution in [0.1, 0.15) is 27.7 Å². The predicted molar refractivity (Wildman–Crippen MR) is 106 cm³/mol. The van der Waals surface area contributed by atoms with Gasteiger partial charge in [0.15, 0.2) is 5.43 Å². The second-order valence-electron chi connectivity index (χ2n) is 7.81. The van der Waals surface area contributed by atoms with Gasteiger partial charge in [-0.1, -0.05) is 36.4 Å². The molecule has 4 nitrogen and oxygen atoms in total. The van der Waals surface area contributed by atoms with Gasteiger partial charge in [0, 0.05) is 22.7 Å². The third kappa shape index (κ3) is 2.77. The molecule has 5 heteroatoms. The molecule has 3 aromatic rings. The molecule has 1 aromatic heterocycles. The Morgan fingerprint density at radius 2 is 1.54 bits per heavy atom. The maximum Gasteiger partial charge on any atom is 0.494 e. The lowest BCUT2D eigenvalue weighted by atomic mass is 9.78. The highest BCUT2D eigenvalue weighted by Gasteiger charge is 2.51. The highest BCUT2D eigenvalue weighted by Crippen LogP contribution is 2.36. The van der Waals surface area contributed by atoms with Gasteiger partial charge < -0.3 is 14.3 Å². The summed E-state index contributed by atoms with van der Waals surface area (Å²) in [7, 11) is -0.451. The first-order chi connectivity index (χ1) is 12.3. The first-order valence-electron chi connectivity index (χ1n) is 8.85. The zero-order valence-electron chi connectivity index (χ0n) is 15.5. The zero-order valence-corrected chi connectivity index (χ0v) is 15.5. The highest BCUT2D eigenvalue weighted by molar-refractivity contribution is 6.62. The van der Waals surface area contributed by atoms with E-state index in [2.05, 4.69) is 4.98 Å². The Bertz CT molecular complexity index is 1010. The number of benzene rings is 2. The number of hydrogen-bond donors (Lipinski definition) is 1. The van der Waals surface area contributed by atoms with Crippen molar-refractivity contribution in [2.75, 3.05) is 0 Å². The third-order valence-electron chi connectivity index (χ3n) is 5.46. The van der Waals surface area contributed by atoms with Crippen LogP contribution in [0, 0.1) is 0 Å². The maximum absolute atomic E-state index is 12.5. The van der Waals surface area contributed by atoms with Gasteiger partial charge >= 0.3 is 7.12 Å². The molecular weight excluding hydrogens is 325 g/mol. The van der Waals surface area contributed by atoms with Crippen LogP contribution in [0.4, 0.5) is 0 Å². The summed E-state index contributed by atoms with van der Waals surface area (Å²) in [6.07, 6.45) is 0. The van der Waals surface area contributed by atoms with Gasteiger partial charge in [0.25, 0.3) is 0 Å². The van der Waals surface area contributed by atoms with E-state index >= 15 is 0 Å². The molecule has 1 fully saturated rings. The van der Waals surface area contributed by atoms with Gasteiger partial charge in [0.1, 0.15) is 0 Å². The molecule has 132 valence electrons. The average Bonchev–Trinajstić information content (AvgIpc) is 2.83. The van der Waals surface area contributed by atoms with Crippen molar-refractivity contribution in [2.24, 2.45) is 0 Å². The largest absolute Gasteiger partial charge is 0.494 e. The first kappa shape index (κ1) is 17.1. The molecule has 0 aliphatic carbocycles.